The van der Waals surface area contributed by atoms with Crippen molar-refractivity contribution >= 4 is 17.1 Å². The summed E-state index contributed by atoms with van der Waals surface area (Å²) in [5, 5.41) is 7.10. The van der Waals surface area contributed by atoms with Crippen LogP contribution in [0.2, 0.25) is 0 Å². The molecule has 0 aliphatic heterocycles. The topological polar surface area (TPSA) is 105 Å². The molecular weight excluding hydrogens is 322 g/mol. The second kappa shape index (κ2) is 6.12. The van der Waals surface area contributed by atoms with E-state index in [0.29, 0.717) is 5.69 Å². The molecular formula is C17H21N5O3. The van der Waals surface area contributed by atoms with Gasteiger partial charge in [0.1, 0.15) is 5.60 Å². The number of ether oxygens (including phenoxy) is 1. The Morgan fingerprint density at radius 1 is 1.32 bits per heavy atom. The normalized spacial score (nSPS) is 11.7. The van der Waals surface area contributed by atoms with Gasteiger partial charge in [-0.1, -0.05) is 12.1 Å². The quantitative estimate of drug-likeness (QED) is 0.678. The summed E-state index contributed by atoms with van der Waals surface area (Å²) in [5.41, 5.74) is 3.04. The lowest BCUT2D eigenvalue weighted by Crippen LogP contribution is -2.32. The van der Waals surface area contributed by atoms with Gasteiger partial charge < -0.3 is 20.0 Å². The number of aromatic amines is 2. The first-order valence-electron chi connectivity index (χ1n) is 7.94. The number of benzene rings is 1. The van der Waals surface area contributed by atoms with E-state index in [1.807, 2.05) is 52.1 Å². The van der Waals surface area contributed by atoms with Gasteiger partial charge in [-0.3, -0.25) is 4.68 Å². The van der Waals surface area contributed by atoms with Crippen LogP contribution in [0.15, 0.2) is 29.1 Å². The Hall–Kier alpha value is -3.03. The predicted molar refractivity (Wildman–Crippen MR) is 94.2 cm³/mol. The van der Waals surface area contributed by atoms with Gasteiger partial charge >= 0.3 is 11.8 Å². The van der Waals surface area contributed by atoms with E-state index in [-0.39, 0.29) is 12.2 Å². The molecule has 8 nitrogen and oxygen atoms in total. The first kappa shape index (κ1) is 16.8. The minimum atomic E-state index is -0.546. The Labute approximate surface area is 144 Å². The minimum absolute atomic E-state index is 0.252. The first-order valence-corrected chi connectivity index (χ1v) is 7.94. The highest BCUT2D eigenvalue weighted by Gasteiger charge is 2.17. The van der Waals surface area contributed by atoms with Crippen molar-refractivity contribution in [3.05, 3.63) is 40.4 Å². The maximum Gasteiger partial charge on any atom is 0.407 e. The van der Waals surface area contributed by atoms with Gasteiger partial charge in [-0.25, -0.2) is 9.59 Å². The van der Waals surface area contributed by atoms with Crippen molar-refractivity contribution < 1.29 is 9.53 Å². The van der Waals surface area contributed by atoms with Gasteiger partial charge in [-0.05, 0) is 32.9 Å². The predicted octanol–water partition coefficient (Wildman–Crippen LogP) is 2.28. The van der Waals surface area contributed by atoms with Crippen LogP contribution in [0.25, 0.3) is 22.3 Å². The van der Waals surface area contributed by atoms with Crippen LogP contribution in [0.3, 0.4) is 0 Å². The van der Waals surface area contributed by atoms with Crippen LogP contribution in [0.5, 0.6) is 0 Å². The van der Waals surface area contributed by atoms with E-state index >= 15 is 0 Å². The number of imidazole rings is 1. The van der Waals surface area contributed by atoms with Crippen molar-refractivity contribution in [1.29, 1.82) is 0 Å². The average Bonchev–Trinajstić information content (AvgIpc) is 3.04. The number of H-pyrrole nitrogens is 2. The largest absolute Gasteiger partial charge is 0.444 e. The smallest absolute Gasteiger partial charge is 0.407 e. The molecule has 3 rings (SSSR count). The SMILES string of the molecule is Cn1nc(CNC(=O)OC(C)(C)C)cc1-c1cccc2[nH]c(=O)[nH]c12. The summed E-state index contributed by atoms with van der Waals surface area (Å²) in [7, 11) is 1.82. The molecule has 0 radical (unpaired) electrons. The summed E-state index contributed by atoms with van der Waals surface area (Å²) < 4.78 is 6.93. The van der Waals surface area contributed by atoms with Crippen LogP contribution < -0.4 is 11.0 Å². The molecule has 0 saturated carbocycles. The maximum absolute atomic E-state index is 11.8. The molecule has 3 N–H and O–H groups in total. The number of nitrogens with one attached hydrogen (secondary N) is 3. The third-order valence-corrected chi connectivity index (χ3v) is 3.57. The van der Waals surface area contributed by atoms with E-state index in [4.69, 9.17) is 4.74 Å². The van der Waals surface area contributed by atoms with E-state index in [9.17, 15) is 9.59 Å². The summed E-state index contributed by atoms with van der Waals surface area (Å²) in [5.74, 6) is 0. The lowest BCUT2D eigenvalue weighted by atomic mass is 10.1. The summed E-state index contributed by atoms with van der Waals surface area (Å²) >= 11 is 0. The van der Waals surface area contributed by atoms with Crippen molar-refractivity contribution in [1.82, 2.24) is 25.1 Å². The van der Waals surface area contributed by atoms with Crippen LogP contribution in [-0.4, -0.2) is 31.4 Å². The number of carbonyl (C=O) groups excluding carboxylic acids is 1. The fraction of sp³-hybridized carbons (Fsp3) is 0.353. The number of fused-ring (bicyclic) bond motifs is 1. The molecule has 0 bridgehead atoms. The number of rotatable bonds is 3. The zero-order valence-corrected chi connectivity index (χ0v) is 14.6. The second-order valence-electron chi connectivity index (χ2n) is 6.81. The number of nitrogens with zero attached hydrogens (tertiary/aromatic N) is 2. The molecule has 25 heavy (non-hydrogen) atoms. The van der Waals surface area contributed by atoms with Crippen LogP contribution in [0, 0.1) is 0 Å². The number of carbonyl (C=O) groups is 1. The van der Waals surface area contributed by atoms with Crippen LogP contribution >= 0.6 is 0 Å². The molecule has 8 heteroatoms. The van der Waals surface area contributed by atoms with E-state index in [0.717, 1.165) is 22.3 Å². The molecule has 0 saturated heterocycles. The minimum Gasteiger partial charge on any atom is -0.444 e. The van der Waals surface area contributed by atoms with Crippen molar-refractivity contribution in [2.24, 2.45) is 7.05 Å². The van der Waals surface area contributed by atoms with Gasteiger partial charge in [0.2, 0.25) is 0 Å². The Balaban J connectivity index is 1.83. The number of aryl methyl sites for hydroxylation is 1. The molecule has 1 aromatic carbocycles. The Morgan fingerprint density at radius 3 is 2.80 bits per heavy atom. The van der Waals surface area contributed by atoms with Gasteiger partial charge in [-0.15, -0.1) is 0 Å². The van der Waals surface area contributed by atoms with Gasteiger partial charge in [0.25, 0.3) is 0 Å². The number of amides is 1. The van der Waals surface area contributed by atoms with Gasteiger partial charge in [0.15, 0.2) is 0 Å². The average molecular weight is 343 g/mol. The van der Waals surface area contributed by atoms with Crippen molar-refractivity contribution in [3.8, 4) is 11.3 Å². The number of hydrogen-bond donors (Lipinski definition) is 3. The first-order chi connectivity index (χ1) is 11.7. The lowest BCUT2D eigenvalue weighted by Gasteiger charge is -2.19. The highest BCUT2D eigenvalue weighted by atomic mass is 16.6. The van der Waals surface area contributed by atoms with E-state index in [2.05, 4.69) is 20.4 Å². The Kier molecular flexibility index (Phi) is 4.12. The summed E-state index contributed by atoms with van der Waals surface area (Å²) in [4.78, 5) is 28.9. The molecule has 0 spiro atoms. The second-order valence-corrected chi connectivity index (χ2v) is 6.81. The zero-order valence-electron chi connectivity index (χ0n) is 14.6. The van der Waals surface area contributed by atoms with Gasteiger partial charge in [0.05, 0.1) is 29.0 Å². The van der Waals surface area contributed by atoms with Gasteiger partial charge in [0, 0.05) is 12.6 Å². The summed E-state index contributed by atoms with van der Waals surface area (Å²) in [6.07, 6.45) is -0.489. The molecule has 132 valence electrons. The fourth-order valence-corrected chi connectivity index (χ4v) is 2.61. The van der Waals surface area contributed by atoms with E-state index in [1.54, 1.807) is 4.68 Å². The number of alkyl carbamates (subject to hydrolysis) is 1. The molecule has 0 unspecified atom stereocenters. The third kappa shape index (κ3) is 3.73. The molecule has 0 aliphatic carbocycles. The summed E-state index contributed by atoms with van der Waals surface area (Å²) in [6, 6.07) is 7.48. The summed E-state index contributed by atoms with van der Waals surface area (Å²) in [6.45, 7) is 5.68. The van der Waals surface area contributed by atoms with Crippen LogP contribution in [0.1, 0.15) is 26.5 Å². The van der Waals surface area contributed by atoms with Crippen molar-refractivity contribution in [2.45, 2.75) is 32.9 Å². The number of aromatic nitrogens is 4. The number of hydrogen-bond acceptors (Lipinski definition) is 4. The van der Waals surface area contributed by atoms with Crippen LogP contribution in [0.4, 0.5) is 4.79 Å². The van der Waals surface area contributed by atoms with Crippen LogP contribution in [-0.2, 0) is 18.3 Å². The lowest BCUT2D eigenvalue weighted by molar-refractivity contribution is 0.0523. The molecule has 2 heterocycles. The third-order valence-electron chi connectivity index (χ3n) is 3.57. The molecule has 1 amide bonds. The molecule has 0 atom stereocenters. The molecule has 2 aromatic heterocycles. The van der Waals surface area contributed by atoms with E-state index in [1.165, 1.54) is 0 Å². The fourth-order valence-electron chi connectivity index (χ4n) is 2.61. The molecule has 3 aromatic rings. The maximum atomic E-state index is 11.8. The Morgan fingerprint density at radius 2 is 2.08 bits per heavy atom. The van der Waals surface area contributed by atoms with Crippen molar-refractivity contribution in [2.75, 3.05) is 0 Å². The molecule has 0 fully saturated rings. The standard InChI is InChI=1S/C17H21N5O3/c1-17(2,3)25-16(24)18-9-10-8-13(22(4)21-10)11-6-5-7-12-14(11)20-15(23)19-12/h5-8H,9H2,1-4H3,(H,18,24)(H2,19,20,23). The molecule has 0 aliphatic rings. The Bertz CT molecular complexity index is 974. The number of para-hydroxylation sites is 1. The van der Waals surface area contributed by atoms with Gasteiger partial charge in [-0.2, -0.15) is 5.10 Å². The monoisotopic (exact) mass is 343 g/mol. The van der Waals surface area contributed by atoms with Crippen molar-refractivity contribution in [3.63, 3.8) is 0 Å². The highest BCUT2D eigenvalue weighted by Crippen LogP contribution is 2.26. The zero-order chi connectivity index (χ0) is 18.2. The van der Waals surface area contributed by atoms with E-state index < -0.39 is 11.7 Å². The highest BCUT2D eigenvalue weighted by molar-refractivity contribution is 5.90.